The van der Waals surface area contributed by atoms with E-state index in [0.717, 1.165) is 6.42 Å². The fourth-order valence-electron chi connectivity index (χ4n) is 2.78. The smallest absolute Gasteiger partial charge is 0.223 e. The van der Waals surface area contributed by atoms with Gasteiger partial charge in [0.25, 0.3) is 0 Å². The second-order valence-electron chi connectivity index (χ2n) is 5.89. The number of rotatable bonds is 7. The monoisotopic (exact) mass is 291 g/mol. The molecule has 1 amide bonds. The van der Waals surface area contributed by atoms with Crippen molar-refractivity contribution in [2.24, 2.45) is 11.7 Å². The maximum Gasteiger partial charge on any atom is 0.223 e. The average molecular weight is 291 g/mol. The Labute approximate surface area is 128 Å². The van der Waals surface area contributed by atoms with E-state index in [4.69, 9.17) is 5.73 Å². The van der Waals surface area contributed by atoms with Gasteiger partial charge in [0.05, 0.1) is 0 Å². The lowest BCUT2D eigenvalue weighted by Crippen LogP contribution is -2.42. The highest BCUT2D eigenvalue weighted by atomic mass is 16.1. The molecule has 0 heterocycles. The van der Waals surface area contributed by atoms with Crippen molar-refractivity contribution in [1.82, 2.24) is 10.2 Å². The molecule has 0 spiro atoms. The van der Waals surface area contributed by atoms with Crippen LogP contribution in [0.3, 0.4) is 0 Å². The van der Waals surface area contributed by atoms with Crippen LogP contribution in [-0.2, 0) is 4.79 Å². The quantitative estimate of drug-likeness (QED) is 0.809. The first kappa shape index (κ1) is 17.7. The number of likely N-dealkylation sites (N-methyl/N-ethyl adjacent to an activating group) is 1. The molecule has 118 valence electrons. The molecule has 0 fully saturated rings. The Morgan fingerprint density at radius 3 is 2.62 bits per heavy atom. The largest absolute Gasteiger partial charge is 0.359 e. The third kappa shape index (κ3) is 4.83. The molecule has 0 aromatic heterocycles. The number of carbonyl (C=O) groups excluding carboxylic acids is 1. The lowest BCUT2D eigenvalue weighted by atomic mass is 9.94. The number of nitrogens with zero attached hydrogens (tertiary/aromatic N) is 1. The molecular weight excluding hydrogens is 262 g/mol. The van der Waals surface area contributed by atoms with Crippen LogP contribution in [-0.4, -0.2) is 37.5 Å². The number of carbonyl (C=O) groups is 1. The number of hydrogen-bond acceptors (Lipinski definition) is 3. The molecule has 1 aromatic carbocycles. The maximum absolute atomic E-state index is 11.7. The van der Waals surface area contributed by atoms with Gasteiger partial charge in [-0.3, -0.25) is 9.69 Å². The van der Waals surface area contributed by atoms with Crippen molar-refractivity contribution in [3.8, 4) is 0 Å². The summed E-state index contributed by atoms with van der Waals surface area (Å²) in [5.74, 6) is 0.00581. The summed E-state index contributed by atoms with van der Waals surface area (Å²) in [5, 5.41) is 2.70. The highest BCUT2D eigenvalue weighted by Crippen LogP contribution is 2.25. The van der Waals surface area contributed by atoms with Crippen molar-refractivity contribution in [2.75, 3.05) is 20.6 Å². The van der Waals surface area contributed by atoms with Crippen LogP contribution in [0.4, 0.5) is 0 Å². The van der Waals surface area contributed by atoms with Crippen molar-refractivity contribution < 1.29 is 4.79 Å². The van der Waals surface area contributed by atoms with Crippen LogP contribution in [0.25, 0.3) is 0 Å². The predicted molar refractivity (Wildman–Crippen MR) is 88.0 cm³/mol. The van der Waals surface area contributed by atoms with Crippen LogP contribution < -0.4 is 11.1 Å². The van der Waals surface area contributed by atoms with E-state index in [0.29, 0.717) is 6.54 Å². The summed E-state index contributed by atoms with van der Waals surface area (Å²) in [7, 11) is 3.72. The normalized spacial score (nSPS) is 15.6. The number of nitrogens with two attached hydrogens (primary N) is 1. The molecule has 0 radical (unpaired) electrons. The van der Waals surface area contributed by atoms with Gasteiger partial charge < -0.3 is 11.1 Å². The molecule has 3 N–H and O–H groups in total. The van der Waals surface area contributed by atoms with E-state index in [1.165, 1.54) is 11.1 Å². The van der Waals surface area contributed by atoms with Gasteiger partial charge >= 0.3 is 0 Å². The lowest BCUT2D eigenvalue weighted by molar-refractivity contribution is -0.124. The fraction of sp³-hybridized carbons (Fsp3) is 0.588. The van der Waals surface area contributed by atoms with E-state index in [9.17, 15) is 4.79 Å². The number of hydrogen-bond donors (Lipinski definition) is 2. The van der Waals surface area contributed by atoms with Crippen LogP contribution in [0.15, 0.2) is 24.3 Å². The molecule has 0 bridgehead atoms. The topological polar surface area (TPSA) is 58.4 Å². The van der Waals surface area contributed by atoms with Gasteiger partial charge in [-0.05, 0) is 26.0 Å². The minimum atomic E-state index is -0.0589. The molecule has 0 saturated heterocycles. The van der Waals surface area contributed by atoms with Gasteiger partial charge in [0.15, 0.2) is 0 Å². The van der Waals surface area contributed by atoms with Crippen molar-refractivity contribution in [3.63, 3.8) is 0 Å². The van der Waals surface area contributed by atoms with Gasteiger partial charge in [0.2, 0.25) is 5.91 Å². The van der Waals surface area contributed by atoms with Crippen molar-refractivity contribution in [2.45, 2.75) is 39.3 Å². The standard InChI is InChI=1S/C17H29N3O/c1-6-15(18)16(14-9-7-8-12(2)10-14)20(5)11-13(3)17(21)19-4/h7-10,13,15-16H,6,11,18H2,1-5H3,(H,19,21). The SMILES string of the molecule is CCC(N)C(c1cccc(C)c1)N(C)CC(C)C(=O)NC. The summed E-state index contributed by atoms with van der Waals surface area (Å²) >= 11 is 0. The Bertz CT molecular complexity index is 461. The van der Waals surface area contributed by atoms with Crippen molar-refractivity contribution in [3.05, 3.63) is 35.4 Å². The van der Waals surface area contributed by atoms with Gasteiger partial charge in [-0.15, -0.1) is 0 Å². The summed E-state index contributed by atoms with van der Waals surface area (Å²) in [4.78, 5) is 13.9. The summed E-state index contributed by atoms with van der Waals surface area (Å²) in [6, 6.07) is 8.63. The molecule has 4 heteroatoms. The molecule has 0 saturated carbocycles. The van der Waals surface area contributed by atoms with E-state index in [1.807, 2.05) is 14.0 Å². The van der Waals surface area contributed by atoms with E-state index >= 15 is 0 Å². The number of benzene rings is 1. The second-order valence-corrected chi connectivity index (χ2v) is 5.89. The van der Waals surface area contributed by atoms with E-state index < -0.39 is 0 Å². The Morgan fingerprint density at radius 2 is 2.10 bits per heavy atom. The number of amides is 1. The first-order chi connectivity index (χ1) is 9.90. The average Bonchev–Trinajstić information content (AvgIpc) is 2.46. The van der Waals surface area contributed by atoms with Gasteiger partial charge in [0.1, 0.15) is 0 Å². The van der Waals surface area contributed by atoms with Crippen LogP contribution in [0.5, 0.6) is 0 Å². The van der Waals surface area contributed by atoms with Gasteiger partial charge in [-0.2, -0.15) is 0 Å². The van der Waals surface area contributed by atoms with Crippen molar-refractivity contribution in [1.29, 1.82) is 0 Å². The minimum absolute atomic E-state index is 0.0497. The summed E-state index contributed by atoms with van der Waals surface area (Å²) in [5.41, 5.74) is 8.79. The first-order valence-corrected chi connectivity index (χ1v) is 7.64. The molecular formula is C17H29N3O. The first-order valence-electron chi connectivity index (χ1n) is 7.64. The highest BCUT2D eigenvalue weighted by Gasteiger charge is 2.25. The molecule has 1 rings (SSSR count). The Balaban J connectivity index is 2.95. The molecule has 1 aromatic rings. The third-order valence-corrected chi connectivity index (χ3v) is 3.99. The Kier molecular flexibility index (Phi) is 6.85. The van der Waals surface area contributed by atoms with E-state index in [2.05, 4.69) is 48.3 Å². The molecule has 3 atom stereocenters. The number of nitrogens with one attached hydrogen (secondary N) is 1. The summed E-state index contributed by atoms with van der Waals surface area (Å²) in [6.07, 6.45) is 0.900. The highest BCUT2D eigenvalue weighted by molar-refractivity contribution is 5.78. The Morgan fingerprint density at radius 1 is 1.43 bits per heavy atom. The Hall–Kier alpha value is -1.39. The summed E-state index contributed by atoms with van der Waals surface area (Å²) in [6.45, 7) is 6.82. The molecule has 4 nitrogen and oxygen atoms in total. The predicted octanol–water partition coefficient (Wildman–Crippen LogP) is 2.09. The molecule has 21 heavy (non-hydrogen) atoms. The fourth-order valence-corrected chi connectivity index (χ4v) is 2.78. The zero-order valence-electron chi connectivity index (χ0n) is 13.9. The molecule has 0 aliphatic carbocycles. The number of aryl methyl sites for hydroxylation is 1. The minimum Gasteiger partial charge on any atom is -0.359 e. The zero-order chi connectivity index (χ0) is 16.0. The third-order valence-electron chi connectivity index (χ3n) is 3.99. The van der Waals surface area contributed by atoms with Crippen LogP contribution in [0.2, 0.25) is 0 Å². The van der Waals surface area contributed by atoms with Crippen molar-refractivity contribution >= 4 is 5.91 Å². The molecule has 0 aliphatic rings. The second kappa shape index (κ2) is 8.15. The zero-order valence-corrected chi connectivity index (χ0v) is 13.9. The van der Waals surface area contributed by atoms with E-state index in [-0.39, 0.29) is 23.9 Å². The van der Waals surface area contributed by atoms with E-state index in [1.54, 1.807) is 7.05 Å². The van der Waals surface area contributed by atoms with Gasteiger partial charge in [-0.25, -0.2) is 0 Å². The van der Waals surface area contributed by atoms with Crippen LogP contribution in [0, 0.1) is 12.8 Å². The van der Waals surface area contributed by atoms with Gasteiger partial charge in [-0.1, -0.05) is 43.7 Å². The maximum atomic E-state index is 11.7. The summed E-state index contributed by atoms with van der Waals surface area (Å²) < 4.78 is 0. The molecule has 0 aliphatic heterocycles. The van der Waals surface area contributed by atoms with Crippen LogP contribution >= 0.6 is 0 Å². The van der Waals surface area contributed by atoms with Crippen LogP contribution in [0.1, 0.15) is 37.4 Å². The van der Waals surface area contributed by atoms with Gasteiger partial charge in [0, 0.05) is 31.6 Å². The lowest BCUT2D eigenvalue weighted by Gasteiger charge is -2.34. The molecule has 3 unspecified atom stereocenters.